The Morgan fingerprint density at radius 2 is 2.00 bits per heavy atom. The van der Waals surface area contributed by atoms with Crippen molar-refractivity contribution in [3.63, 3.8) is 0 Å². The first-order valence-electron chi connectivity index (χ1n) is 4.45. The van der Waals surface area contributed by atoms with Crippen molar-refractivity contribution in [2.75, 3.05) is 0 Å². The van der Waals surface area contributed by atoms with Gasteiger partial charge >= 0.3 is 6.18 Å². The second-order valence-corrected chi connectivity index (χ2v) is 3.11. The number of rotatable bonds is 1. The van der Waals surface area contributed by atoms with E-state index in [1.807, 2.05) is 0 Å². The van der Waals surface area contributed by atoms with Gasteiger partial charge in [0.2, 0.25) is 5.91 Å². The van der Waals surface area contributed by atoms with Crippen molar-refractivity contribution >= 4 is 5.91 Å². The average molecular weight is 245 g/mol. The summed E-state index contributed by atoms with van der Waals surface area (Å²) in [5.41, 5.74) is 2.98. The van der Waals surface area contributed by atoms with Crippen LogP contribution in [0.15, 0.2) is 18.2 Å². The zero-order valence-electron chi connectivity index (χ0n) is 8.44. The Morgan fingerprint density at radius 3 is 2.53 bits per heavy atom. The number of carbonyl (C=O) groups is 1. The molecule has 2 nitrogen and oxygen atoms in total. The Bertz CT molecular complexity index is 496. The molecule has 0 aromatic heterocycles. The van der Waals surface area contributed by atoms with Crippen molar-refractivity contribution in [1.29, 1.82) is 0 Å². The molecule has 0 heterocycles. The molecule has 2 N–H and O–H groups in total. The van der Waals surface area contributed by atoms with Crippen LogP contribution in [0.4, 0.5) is 17.6 Å². The zero-order chi connectivity index (χ0) is 13.1. The van der Waals surface area contributed by atoms with Crippen molar-refractivity contribution in [2.45, 2.75) is 12.6 Å². The van der Waals surface area contributed by atoms with Gasteiger partial charge in [0.25, 0.3) is 0 Å². The standard InChI is InChI=1S/C11H7F4NO/c12-10-7(4-2-6-9(16)17)3-1-5-8(10)11(13,14)15/h1,3,5H,6H2,(H2,16,17). The third-order valence-corrected chi connectivity index (χ3v) is 1.79. The van der Waals surface area contributed by atoms with Crippen molar-refractivity contribution in [3.8, 4) is 11.8 Å². The zero-order valence-corrected chi connectivity index (χ0v) is 8.44. The second-order valence-electron chi connectivity index (χ2n) is 3.11. The van der Waals surface area contributed by atoms with Gasteiger partial charge in [-0.05, 0) is 12.1 Å². The summed E-state index contributed by atoms with van der Waals surface area (Å²) in [5.74, 6) is 2.14. The number of hydrogen-bond acceptors (Lipinski definition) is 1. The van der Waals surface area contributed by atoms with E-state index in [4.69, 9.17) is 5.73 Å². The maximum absolute atomic E-state index is 13.4. The highest BCUT2D eigenvalue weighted by Gasteiger charge is 2.34. The highest BCUT2D eigenvalue weighted by Crippen LogP contribution is 2.32. The summed E-state index contributed by atoms with van der Waals surface area (Å²) >= 11 is 0. The van der Waals surface area contributed by atoms with Crippen LogP contribution in [0.25, 0.3) is 0 Å². The molecule has 0 saturated carbocycles. The molecule has 0 bridgehead atoms. The van der Waals surface area contributed by atoms with E-state index in [2.05, 4.69) is 11.8 Å². The lowest BCUT2D eigenvalue weighted by Gasteiger charge is -2.08. The molecule has 17 heavy (non-hydrogen) atoms. The topological polar surface area (TPSA) is 43.1 Å². The summed E-state index contributed by atoms with van der Waals surface area (Å²) in [5, 5.41) is 0. The maximum Gasteiger partial charge on any atom is 0.419 e. The van der Waals surface area contributed by atoms with Crippen LogP contribution < -0.4 is 5.73 Å². The van der Waals surface area contributed by atoms with Crippen LogP contribution in [-0.4, -0.2) is 5.91 Å². The smallest absolute Gasteiger partial charge is 0.369 e. The Balaban J connectivity index is 3.10. The maximum atomic E-state index is 13.4. The summed E-state index contributed by atoms with van der Waals surface area (Å²) < 4.78 is 50.3. The monoisotopic (exact) mass is 245 g/mol. The molecule has 0 fully saturated rings. The van der Waals surface area contributed by atoms with Gasteiger partial charge in [-0.15, -0.1) is 0 Å². The van der Waals surface area contributed by atoms with Crippen molar-refractivity contribution in [2.24, 2.45) is 5.73 Å². The van der Waals surface area contributed by atoms with Crippen molar-refractivity contribution in [1.82, 2.24) is 0 Å². The van der Waals surface area contributed by atoms with Gasteiger partial charge in [0, 0.05) is 0 Å². The van der Waals surface area contributed by atoms with E-state index in [9.17, 15) is 22.4 Å². The molecule has 6 heteroatoms. The molecule has 0 aliphatic carbocycles. The van der Waals surface area contributed by atoms with E-state index in [0.717, 1.165) is 12.1 Å². The molecule has 1 aromatic carbocycles. The normalized spacial score (nSPS) is 10.6. The van der Waals surface area contributed by atoms with Gasteiger partial charge in [-0.3, -0.25) is 4.79 Å². The molecule has 0 atom stereocenters. The summed E-state index contributed by atoms with van der Waals surface area (Å²) in [6.07, 6.45) is -5.11. The summed E-state index contributed by atoms with van der Waals surface area (Å²) in [7, 11) is 0. The predicted molar refractivity (Wildman–Crippen MR) is 52.1 cm³/mol. The van der Waals surface area contributed by atoms with Gasteiger partial charge < -0.3 is 5.73 Å². The van der Waals surface area contributed by atoms with Gasteiger partial charge in [-0.2, -0.15) is 13.2 Å². The molecular formula is C11H7F4NO. The molecular weight excluding hydrogens is 238 g/mol. The van der Waals surface area contributed by atoms with E-state index in [-0.39, 0.29) is 6.42 Å². The van der Waals surface area contributed by atoms with Gasteiger partial charge in [-0.1, -0.05) is 17.9 Å². The third-order valence-electron chi connectivity index (χ3n) is 1.79. The molecule has 1 amide bonds. The quantitative estimate of drug-likeness (QED) is 0.597. The predicted octanol–water partition coefficient (Wildman–Crippen LogP) is 2.07. The molecule has 1 aromatic rings. The number of hydrogen-bond donors (Lipinski definition) is 1. The minimum atomic E-state index is -4.77. The fourth-order valence-electron chi connectivity index (χ4n) is 1.07. The first-order valence-corrected chi connectivity index (χ1v) is 4.45. The fraction of sp³-hybridized carbons (Fsp3) is 0.182. The molecule has 0 radical (unpaired) electrons. The molecule has 90 valence electrons. The van der Waals surface area contributed by atoms with Crippen LogP contribution in [0.1, 0.15) is 17.5 Å². The second kappa shape index (κ2) is 4.87. The minimum absolute atomic E-state index is 0.338. The van der Waals surface area contributed by atoms with Gasteiger partial charge in [-0.25, -0.2) is 4.39 Å². The Morgan fingerprint density at radius 1 is 1.35 bits per heavy atom. The number of amides is 1. The van der Waals surface area contributed by atoms with E-state index in [0.29, 0.717) is 6.07 Å². The highest BCUT2D eigenvalue weighted by atomic mass is 19.4. The lowest BCUT2D eigenvalue weighted by molar-refractivity contribution is -0.140. The molecule has 0 unspecified atom stereocenters. The van der Waals surface area contributed by atoms with E-state index in [1.165, 1.54) is 0 Å². The van der Waals surface area contributed by atoms with Crippen LogP contribution >= 0.6 is 0 Å². The first-order chi connectivity index (χ1) is 7.82. The average Bonchev–Trinajstić information content (AvgIpc) is 2.18. The summed E-state index contributed by atoms with van der Waals surface area (Å²) in [4.78, 5) is 10.3. The number of alkyl halides is 3. The molecule has 0 saturated heterocycles. The number of benzene rings is 1. The van der Waals surface area contributed by atoms with Crippen LogP contribution in [0.3, 0.4) is 0 Å². The van der Waals surface area contributed by atoms with Gasteiger partial charge in [0.1, 0.15) is 0 Å². The number of halogens is 4. The van der Waals surface area contributed by atoms with Crippen LogP contribution in [0, 0.1) is 17.7 Å². The first kappa shape index (κ1) is 13.0. The van der Waals surface area contributed by atoms with Crippen LogP contribution in [-0.2, 0) is 11.0 Å². The largest absolute Gasteiger partial charge is 0.419 e. The number of nitrogens with two attached hydrogens (primary N) is 1. The Labute approximate surface area is 94.4 Å². The molecule has 1 rings (SSSR count). The van der Waals surface area contributed by atoms with E-state index < -0.39 is 29.0 Å². The fourth-order valence-corrected chi connectivity index (χ4v) is 1.07. The number of carbonyl (C=O) groups excluding carboxylic acids is 1. The van der Waals surface area contributed by atoms with Crippen LogP contribution in [0.2, 0.25) is 0 Å². The van der Waals surface area contributed by atoms with Gasteiger partial charge in [0.05, 0.1) is 17.5 Å². The van der Waals surface area contributed by atoms with E-state index in [1.54, 1.807) is 0 Å². The van der Waals surface area contributed by atoms with Crippen molar-refractivity contribution < 1.29 is 22.4 Å². The molecule has 0 aliphatic rings. The Kier molecular flexibility index (Phi) is 3.73. The molecule has 0 spiro atoms. The highest BCUT2D eigenvalue weighted by molar-refractivity contribution is 5.76. The van der Waals surface area contributed by atoms with Gasteiger partial charge in [0.15, 0.2) is 5.82 Å². The summed E-state index contributed by atoms with van der Waals surface area (Å²) in [6, 6.07) is 2.76. The lowest BCUT2D eigenvalue weighted by atomic mass is 10.1. The molecule has 0 aliphatic heterocycles. The lowest BCUT2D eigenvalue weighted by Crippen LogP contribution is -2.09. The Hall–Kier alpha value is -2.03. The number of primary amides is 1. The van der Waals surface area contributed by atoms with E-state index >= 15 is 0 Å². The SMILES string of the molecule is NC(=O)CC#Cc1cccc(C(F)(F)F)c1F. The third kappa shape index (κ3) is 3.48. The summed E-state index contributed by atoms with van der Waals surface area (Å²) in [6.45, 7) is 0. The minimum Gasteiger partial charge on any atom is -0.369 e. The van der Waals surface area contributed by atoms with Crippen molar-refractivity contribution in [3.05, 3.63) is 35.1 Å². The van der Waals surface area contributed by atoms with Crippen LogP contribution in [0.5, 0.6) is 0 Å².